The maximum Gasteiger partial charge on any atom is 0.312 e. The molecule has 1 unspecified atom stereocenters. The standard InChI is InChI=1S/C30H34ClNO5/c1-22(30(34)35-3)25-12-15-28(27(31)21-25)37-19-7-18-36-26-13-10-24(11-14-26)20-29(33)32(2)17-16-23-8-5-4-6-9-23/h4-6,8-15,21-22H,7,16-20H2,1-3H3. The van der Waals surface area contributed by atoms with Gasteiger partial charge < -0.3 is 19.1 Å². The highest BCUT2D eigenvalue weighted by molar-refractivity contribution is 6.32. The van der Waals surface area contributed by atoms with Crippen LogP contribution in [-0.4, -0.2) is 50.7 Å². The number of nitrogens with zero attached hydrogens (tertiary/aromatic N) is 1. The molecule has 3 aromatic rings. The molecular weight excluding hydrogens is 490 g/mol. The zero-order valence-electron chi connectivity index (χ0n) is 21.6. The van der Waals surface area contributed by atoms with Gasteiger partial charge in [-0.1, -0.05) is 60.1 Å². The van der Waals surface area contributed by atoms with Crippen molar-refractivity contribution in [3.8, 4) is 11.5 Å². The number of methoxy groups -OCH3 is 1. The van der Waals surface area contributed by atoms with Crippen LogP contribution in [0.2, 0.25) is 5.02 Å². The van der Waals surface area contributed by atoms with Crippen molar-refractivity contribution in [1.82, 2.24) is 4.90 Å². The summed E-state index contributed by atoms with van der Waals surface area (Å²) in [5, 5.41) is 0.449. The van der Waals surface area contributed by atoms with Gasteiger partial charge in [0.15, 0.2) is 0 Å². The van der Waals surface area contributed by atoms with Crippen LogP contribution in [0.15, 0.2) is 72.8 Å². The summed E-state index contributed by atoms with van der Waals surface area (Å²) >= 11 is 6.31. The monoisotopic (exact) mass is 523 g/mol. The zero-order chi connectivity index (χ0) is 26.6. The minimum atomic E-state index is -0.394. The van der Waals surface area contributed by atoms with E-state index in [0.29, 0.717) is 43.4 Å². The molecule has 1 atom stereocenters. The highest BCUT2D eigenvalue weighted by Crippen LogP contribution is 2.29. The largest absolute Gasteiger partial charge is 0.493 e. The third-order valence-electron chi connectivity index (χ3n) is 6.11. The Morgan fingerprint density at radius 3 is 2.30 bits per heavy atom. The Bertz CT molecular complexity index is 1150. The summed E-state index contributed by atoms with van der Waals surface area (Å²) in [5.41, 5.74) is 2.95. The van der Waals surface area contributed by atoms with Crippen LogP contribution in [0.25, 0.3) is 0 Å². The van der Waals surface area contributed by atoms with Crippen LogP contribution in [0.4, 0.5) is 0 Å². The first-order valence-corrected chi connectivity index (χ1v) is 12.7. The highest BCUT2D eigenvalue weighted by atomic mass is 35.5. The Morgan fingerprint density at radius 1 is 0.919 bits per heavy atom. The fraction of sp³-hybridized carbons (Fsp3) is 0.333. The molecule has 1 amide bonds. The number of hydrogen-bond donors (Lipinski definition) is 0. The summed E-state index contributed by atoms with van der Waals surface area (Å²) in [5.74, 6) is 0.689. The predicted octanol–water partition coefficient (Wildman–Crippen LogP) is 5.71. The third-order valence-corrected chi connectivity index (χ3v) is 6.40. The molecule has 0 bridgehead atoms. The molecule has 0 fully saturated rings. The number of esters is 1. The van der Waals surface area contributed by atoms with E-state index in [4.69, 9.17) is 25.8 Å². The predicted molar refractivity (Wildman–Crippen MR) is 145 cm³/mol. The molecule has 0 saturated carbocycles. The minimum Gasteiger partial charge on any atom is -0.493 e. The van der Waals surface area contributed by atoms with Crippen LogP contribution in [0.3, 0.4) is 0 Å². The molecule has 0 N–H and O–H groups in total. The molecule has 6 nitrogen and oxygen atoms in total. The van der Waals surface area contributed by atoms with Gasteiger partial charge in [-0.2, -0.15) is 0 Å². The van der Waals surface area contributed by atoms with Crippen molar-refractivity contribution >= 4 is 23.5 Å². The van der Waals surface area contributed by atoms with Gasteiger partial charge in [0.2, 0.25) is 5.91 Å². The van der Waals surface area contributed by atoms with Crippen molar-refractivity contribution in [2.24, 2.45) is 0 Å². The van der Waals surface area contributed by atoms with Crippen LogP contribution in [-0.2, 0) is 27.2 Å². The molecule has 0 spiro atoms. The van der Waals surface area contributed by atoms with Gasteiger partial charge in [-0.25, -0.2) is 0 Å². The van der Waals surface area contributed by atoms with Crippen molar-refractivity contribution in [2.45, 2.75) is 32.1 Å². The van der Waals surface area contributed by atoms with E-state index in [9.17, 15) is 9.59 Å². The first kappa shape index (κ1) is 28.1. The van der Waals surface area contributed by atoms with E-state index in [1.807, 2.05) is 55.6 Å². The lowest BCUT2D eigenvalue weighted by Crippen LogP contribution is -2.30. The molecule has 0 saturated heterocycles. The zero-order valence-corrected chi connectivity index (χ0v) is 22.4. The Hall–Kier alpha value is -3.51. The fourth-order valence-corrected chi connectivity index (χ4v) is 3.97. The average Bonchev–Trinajstić information content (AvgIpc) is 2.92. The summed E-state index contributed by atoms with van der Waals surface area (Å²) in [7, 11) is 3.21. The molecule has 0 aromatic heterocycles. The van der Waals surface area contributed by atoms with E-state index in [0.717, 1.165) is 23.3 Å². The molecule has 7 heteroatoms. The second-order valence-electron chi connectivity index (χ2n) is 8.86. The van der Waals surface area contributed by atoms with Gasteiger partial charge >= 0.3 is 5.97 Å². The van der Waals surface area contributed by atoms with Gasteiger partial charge in [-0.15, -0.1) is 0 Å². The fourth-order valence-electron chi connectivity index (χ4n) is 3.73. The lowest BCUT2D eigenvalue weighted by molar-refractivity contribution is -0.142. The van der Waals surface area contributed by atoms with Crippen LogP contribution < -0.4 is 9.47 Å². The molecule has 0 heterocycles. The van der Waals surface area contributed by atoms with Crippen molar-refractivity contribution in [1.29, 1.82) is 0 Å². The number of benzene rings is 3. The number of rotatable bonds is 13. The second kappa shape index (κ2) is 14.3. The van der Waals surface area contributed by atoms with E-state index in [-0.39, 0.29) is 11.9 Å². The van der Waals surface area contributed by atoms with Crippen LogP contribution in [0, 0.1) is 0 Å². The molecule has 3 rings (SSSR count). The molecule has 0 aliphatic carbocycles. The summed E-state index contributed by atoms with van der Waals surface area (Å²) in [4.78, 5) is 26.0. The van der Waals surface area contributed by atoms with Crippen LogP contribution in [0.5, 0.6) is 11.5 Å². The second-order valence-corrected chi connectivity index (χ2v) is 9.26. The Labute approximate surface area is 224 Å². The summed E-state index contributed by atoms with van der Waals surface area (Å²) in [6, 6.07) is 23.1. The molecule has 0 radical (unpaired) electrons. The van der Waals surface area contributed by atoms with Gasteiger partial charge in [0.25, 0.3) is 0 Å². The van der Waals surface area contributed by atoms with E-state index < -0.39 is 5.92 Å². The third kappa shape index (κ3) is 8.83. The van der Waals surface area contributed by atoms with Gasteiger partial charge in [0, 0.05) is 20.0 Å². The summed E-state index contributed by atoms with van der Waals surface area (Å²) in [6.07, 6.45) is 1.87. The van der Waals surface area contributed by atoms with E-state index in [1.54, 1.807) is 24.0 Å². The van der Waals surface area contributed by atoms with E-state index >= 15 is 0 Å². The lowest BCUT2D eigenvalue weighted by Gasteiger charge is -2.17. The van der Waals surface area contributed by atoms with Crippen molar-refractivity contribution in [3.05, 3.63) is 94.5 Å². The molecule has 0 aliphatic rings. The van der Waals surface area contributed by atoms with Crippen molar-refractivity contribution < 1.29 is 23.8 Å². The molecule has 3 aromatic carbocycles. The first-order chi connectivity index (χ1) is 17.9. The van der Waals surface area contributed by atoms with Crippen molar-refractivity contribution in [3.63, 3.8) is 0 Å². The number of carbonyl (C=O) groups is 2. The van der Waals surface area contributed by atoms with Gasteiger partial charge in [0.1, 0.15) is 11.5 Å². The van der Waals surface area contributed by atoms with Crippen molar-refractivity contribution in [2.75, 3.05) is 33.9 Å². The average molecular weight is 524 g/mol. The molecule has 196 valence electrons. The van der Waals surface area contributed by atoms with Gasteiger partial charge in [0.05, 0.1) is 37.7 Å². The normalized spacial score (nSPS) is 11.5. The van der Waals surface area contributed by atoms with Crippen LogP contribution >= 0.6 is 11.6 Å². The smallest absolute Gasteiger partial charge is 0.312 e. The quantitative estimate of drug-likeness (QED) is 0.212. The van der Waals surface area contributed by atoms with Crippen LogP contribution in [0.1, 0.15) is 36.0 Å². The maximum absolute atomic E-state index is 12.5. The SMILES string of the molecule is COC(=O)C(C)c1ccc(OCCCOc2ccc(CC(=O)N(C)CCc3ccccc3)cc2)c(Cl)c1. The first-order valence-electron chi connectivity index (χ1n) is 12.4. The Morgan fingerprint density at radius 2 is 1.62 bits per heavy atom. The summed E-state index contributed by atoms with van der Waals surface area (Å²) < 4.78 is 16.3. The Balaban J connectivity index is 1.36. The topological polar surface area (TPSA) is 65.1 Å². The number of amides is 1. The number of ether oxygens (including phenoxy) is 3. The minimum absolute atomic E-state index is 0.0909. The number of halogens is 1. The van der Waals surface area contributed by atoms with Gasteiger partial charge in [-0.05, 0) is 54.3 Å². The Kier molecular flexibility index (Phi) is 10.8. The molecule has 37 heavy (non-hydrogen) atoms. The van der Waals surface area contributed by atoms with E-state index in [2.05, 4.69) is 12.1 Å². The lowest BCUT2D eigenvalue weighted by atomic mass is 10.0. The molecule has 0 aliphatic heterocycles. The maximum atomic E-state index is 12.5. The van der Waals surface area contributed by atoms with E-state index in [1.165, 1.54) is 12.7 Å². The molecular formula is C30H34ClNO5. The summed E-state index contributed by atoms with van der Waals surface area (Å²) in [6.45, 7) is 3.38. The number of likely N-dealkylation sites (N-methyl/N-ethyl adjacent to an activating group) is 1. The number of carbonyl (C=O) groups excluding carboxylic acids is 2. The number of hydrogen-bond acceptors (Lipinski definition) is 5. The highest BCUT2D eigenvalue weighted by Gasteiger charge is 2.17. The van der Waals surface area contributed by atoms with Gasteiger partial charge in [-0.3, -0.25) is 9.59 Å².